The molecule has 0 saturated heterocycles. The van der Waals surface area contributed by atoms with Crippen molar-refractivity contribution in [1.29, 1.82) is 0 Å². The molecule has 0 radical (unpaired) electrons. The minimum Gasteiger partial charge on any atom is -0.466 e. The number of sulfonamides is 1. The Hall–Kier alpha value is -1.64. The van der Waals surface area contributed by atoms with Crippen LogP contribution in [0.3, 0.4) is 0 Å². The van der Waals surface area contributed by atoms with Gasteiger partial charge in [-0.1, -0.05) is 11.6 Å². The van der Waals surface area contributed by atoms with Gasteiger partial charge < -0.3 is 9.47 Å². The molecule has 0 spiro atoms. The normalized spacial score (nSPS) is 12.6. The van der Waals surface area contributed by atoms with Crippen LogP contribution in [-0.2, 0) is 24.3 Å². The highest BCUT2D eigenvalue weighted by Crippen LogP contribution is 2.23. The molecule has 0 heterocycles. The topological polar surface area (TPSA) is 98.8 Å². The molecule has 0 aromatic heterocycles. The monoisotopic (exact) mass is 335 g/mol. The average Bonchev–Trinajstić information content (AvgIpc) is 2.46. The maximum Gasteiger partial charge on any atom is 0.346 e. The van der Waals surface area contributed by atoms with Crippen LogP contribution in [0.1, 0.15) is 17.3 Å². The highest BCUT2D eigenvalue weighted by atomic mass is 35.5. The summed E-state index contributed by atoms with van der Waals surface area (Å²) in [6.07, 6.45) is -1.11. The third-order valence-electron chi connectivity index (χ3n) is 2.54. The van der Waals surface area contributed by atoms with Crippen molar-refractivity contribution in [2.24, 2.45) is 0 Å². The first-order chi connectivity index (χ1) is 9.72. The van der Waals surface area contributed by atoms with Crippen molar-refractivity contribution >= 4 is 33.6 Å². The van der Waals surface area contributed by atoms with Crippen LogP contribution < -0.4 is 4.72 Å². The lowest BCUT2D eigenvalue weighted by molar-refractivity contribution is -0.149. The molecule has 0 fully saturated rings. The molecule has 0 unspecified atom stereocenters. The molecule has 0 aliphatic rings. The van der Waals surface area contributed by atoms with Crippen molar-refractivity contribution < 1.29 is 27.5 Å². The standard InChI is InChI=1S/C12H14ClNO6S/c1-7(11(15)19-3)20-12(16)8-4-5-9(13)10(6-8)21(17,18)14-2/h4-7,14H,1-3H3/t7-/m1/s1. The molecule has 9 heteroatoms. The third-order valence-corrected chi connectivity index (χ3v) is 4.44. The number of nitrogens with one attached hydrogen (secondary N) is 1. The molecular weight excluding hydrogens is 322 g/mol. The molecule has 1 rings (SSSR count). The minimum atomic E-state index is -3.82. The fraction of sp³-hybridized carbons (Fsp3) is 0.333. The van der Waals surface area contributed by atoms with Crippen molar-refractivity contribution in [3.63, 3.8) is 0 Å². The number of hydrogen-bond donors (Lipinski definition) is 1. The van der Waals surface area contributed by atoms with Crippen LogP contribution in [0.15, 0.2) is 23.1 Å². The zero-order valence-corrected chi connectivity index (χ0v) is 13.1. The molecular formula is C12H14ClNO6S. The highest BCUT2D eigenvalue weighted by molar-refractivity contribution is 7.89. The number of methoxy groups -OCH3 is 1. The Morgan fingerprint density at radius 2 is 1.95 bits per heavy atom. The fourth-order valence-corrected chi connectivity index (χ4v) is 2.64. The number of ether oxygens (including phenoxy) is 2. The number of rotatable bonds is 5. The number of carbonyl (C=O) groups is 2. The summed E-state index contributed by atoms with van der Waals surface area (Å²) in [5, 5.41) is -0.0399. The molecule has 0 saturated carbocycles. The first kappa shape index (κ1) is 17.4. The van der Waals surface area contributed by atoms with E-state index in [1.54, 1.807) is 0 Å². The molecule has 0 amide bonds. The molecule has 7 nitrogen and oxygen atoms in total. The van der Waals surface area contributed by atoms with E-state index < -0.39 is 28.1 Å². The van der Waals surface area contributed by atoms with Gasteiger partial charge in [-0.3, -0.25) is 0 Å². The molecule has 1 aromatic rings. The molecule has 0 bridgehead atoms. The van der Waals surface area contributed by atoms with Crippen molar-refractivity contribution in [1.82, 2.24) is 4.72 Å². The molecule has 0 aliphatic carbocycles. The van der Waals surface area contributed by atoms with Crippen molar-refractivity contribution in [2.75, 3.05) is 14.2 Å². The zero-order valence-electron chi connectivity index (χ0n) is 11.5. The van der Waals surface area contributed by atoms with E-state index in [1.165, 1.54) is 26.1 Å². The molecule has 21 heavy (non-hydrogen) atoms. The van der Waals surface area contributed by atoms with Crippen LogP contribution in [0.4, 0.5) is 0 Å². The second-order valence-corrected chi connectivity index (χ2v) is 6.19. The van der Waals surface area contributed by atoms with Gasteiger partial charge in [-0.15, -0.1) is 0 Å². The van der Waals surface area contributed by atoms with E-state index in [1.807, 2.05) is 0 Å². The van der Waals surface area contributed by atoms with Gasteiger partial charge in [0.05, 0.1) is 17.7 Å². The first-order valence-electron chi connectivity index (χ1n) is 5.75. The van der Waals surface area contributed by atoms with E-state index >= 15 is 0 Å². The van der Waals surface area contributed by atoms with Gasteiger partial charge in [-0.25, -0.2) is 22.7 Å². The van der Waals surface area contributed by atoms with Crippen LogP contribution in [0.2, 0.25) is 5.02 Å². The van der Waals surface area contributed by atoms with Crippen molar-refractivity contribution in [3.05, 3.63) is 28.8 Å². The predicted octanol–water partition coefficient (Wildman–Crippen LogP) is 0.966. The number of halogens is 1. The summed E-state index contributed by atoms with van der Waals surface area (Å²) < 4.78 is 34.9. The van der Waals surface area contributed by atoms with E-state index in [9.17, 15) is 18.0 Å². The second-order valence-electron chi connectivity index (χ2n) is 3.92. The minimum absolute atomic E-state index is 0.0399. The summed E-state index contributed by atoms with van der Waals surface area (Å²) in [4.78, 5) is 22.8. The second kappa shape index (κ2) is 6.88. The summed E-state index contributed by atoms with van der Waals surface area (Å²) in [5.41, 5.74) is -0.0519. The van der Waals surface area contributed by atoms with Crippen LogP contribution in [0.25, 0.3) is 0 Å². The van der Waals surface area contributed by atoms with Crippen LogP contribution in [-0.4, -0.2) is 40.6 Å². The Kier molecular flexibility index (Phi) is 5.70. The molecule has 1 N–H and O–H groups in total. The SMILES string of the molecule is CNS(=O)(=O)c1cc(C(=O)O[C@H](C)C(=O)OC)ccc1Cl. The predicted molar refractivity (Wildman–Crippen MR) is 74.6 cm³/mol. The Bertz CT molecular complexity index is 658. The van der Waals surface area contributed by atoms with Crippen LogP contribution in [0.5, 0.6) is 0 Å². The lowest BCUT2D eigenvalue weighted by atomic mass is 10.2. The van der Waals surface area contributed by atoms with Gasteiger partial charge in [-0.2, -0.15) is 0 Å². The smallest absolute Gasteiger partial charge is 0.346 e. The summed E-state index contributed by atoms with van der Waals surface area (Å²) in [6, 6.07) is 3.62. The Morgan fingerprint density at radius 3 is 2.48 bits per heavy atom. The quantitative estimate of drug-likeness (QED) is 0.805. The van der Waals surface area contributed by atoms with Crippen LogP contribution >= 0.6 is 11.6 Å². The maximum absolute atomic E-state index is 11.9. The van der Waals surface area contributed by atoms with Crippen molar-refractivity contribution in [3.8, 4) is 0 Å². The number of carbonyl (C=O) groups excluding carboxylic acids is 2. The van der Waals surface area contributed by atoms with E-state index in [0.717, 1.165) is 13.2 Å². The lowest BCUT2D eigenvalue weighted by Crippen LogP contribution is -2.25. The molecule has 0 aliphatic heterocycles. The van der Waals surface area contributed by atoms with E-state index in [2.05, 4.69) is 9.46 Å². The van der Waals surface area contributed by atoms with Gasteiger partial charge in [0.1, 0.15) is 4.90 Å². The van der Waals surface area contributed by atoms with E-state index in [0.29, 0.717) is 0 Å². The molecule has 116 valence electrons. The van der Waals surface area contributed by atoms with Gasteiger partial charge in [-0.05, 0) is 32.2 Å². The van der Waals surface area contributed by atoms with Gasteiger partial charge in [0.2, 0.25) is 10.0 Å². The number of hydrogen-bond acceptors (Lipinski definition) is 6. The lowest BCUT2D eigenvalue weighted by Gasteiger charge is -2.12. The zero-order chi connectivity index (χ0) is 16.2. The van der Waals surface area contributed by atoms with E-state index in [-0.39, 0.29) is 15.5 Å². The van der Waals surface area contributed by atoms with Gasteiger partial charge in [0.15, 0.2) is 6.10 Å². The third kappa shape index (κ3) is 4.16. The molecule has 1 aromatic carbocycles. The van der Waals surface area contributed by atoms with Crippen molar-refractivity contribution in [2.45, 2.75) is 17.9 Å². The highest BCUT2D eigenvalue weighted by Gasteiger charge is 2.22. The average molecular weight is 336 g/mol. The largest absolute Gasteiger partial charge is 0.466 e. The Labute approximate surface area is 127 Å². The Morgan fingerprint density at radius 1 is 1.33 bits per heavy atom. The molecule has 1 atom stereocenters. The summed E-state index contributed by atoms with van der Waals surface area (Å²) >= 11 is 5.80. The summed E-state index contributed by atoms with van der Waals surface area (Å²) in [5.74, 6) is -1.59. The number of esters is 2. The number of benzene rings is 1. The fourth-order valence-electron chi connectivity index (χ4n) is 1.39. The summed E-state index contributed by atoms with van der Waals surface area (Å²) in [6.45, 7) is 1.34. The van der Waals surface area contributed by atoms with Gasteiger partial charge in [0.25, 0.3) is 0 Å². The summed E-state index contributed by atoms with van der Waals surface area (Å²) in [7, 11) is -1.44. The first-order valence-corrected chi connectivity index (χ1v) is 7.61. The van der Waals surface area contributed by atoms with Gasteiger partial charge >= 0.3 is 11.9 Å². The van der Waals surface area contributed by atoms with Crippen LogP contribution in [0, 0.1) is 0 Å². The van der Waals surface area contributed by atoms with Gasteiger partial charge in [0, 0.05) is 0 Å². The Balaban J connectivity index is 3.08. The van der Waals surface area contributed by atoms with E-state index in [4.69, 9.17) is 16.3 Å². The maximum atomic E-state index is 11.9.